The summed E-state index contributed by atoms with van der Waals surface area (Å²) in [5, 5.41) is 9.78. The Hall–Kier alpha value is -1.63. The molecule has 2 saturated carbocycles. The summed E-state index contributed by atoms with van der Waals surface area (Å²) in [6, 6.07) is 4.69. The summed E-state index contributed by atoms with van der Waals surface area (Å²) in [5.74, 6) is -0.263. The maximum atomic E-state index is 12.6. The number of nitrogens with two attached hydrogens (primary N) is 1. The van der Waals surface area contributed by atoms with Gasteiger partial charge >= 0.3 is 5.97 Å². The van der Waals surface area contributed by atoms with Crippen LogP contribution < -0.4 is 5.73 Å². The molecule has 0 unspecified atom stereocenters. The van der Waals surface area contributed by atoms with E-state index in [2.05, 4.69) is 0 Å². The van der Waals surface area contributed by atoms with Crippen LogP contribution in [0.1, 0.15) is 60.9 Å². The van der Waals surface area contributed by atoms with E-state index in [0.717, 1.165) is 38.5 Å². The summed E-state index contributed by atoms with van der Waals surface area (Å²) in [5.41, 5.74) is 7.11. The Morgan fingerprint density at radius 2 is 1.93 bits per heavy atom. The van der Waals surface area contributed by atoms with E-state index in [-0.39, 0.29) is 24.0 Å². The molecule has 0 spiro atoms. The molecule has 0 saturated heterocycles. The molecule has 0 aromatic heterocycles. The van der Waals surface area contributed by atoms with Gasteiger partial charge in [0.1, 0.15) is 0 Å². The number of amides is 1. The van der Waals surface area contributed by atoms with Crippen molar-refractivity contribution in [1.82, 2.24) is 4.90 Å². The molecule has 1 atom stereocenters. The van der Waals surface area contributed by atoms with E-state index in [1.807, 2.05) is 11.9 Å². The van der Waals surface area contributed by atoms with Crippen molar-refractivity contribution in [2.45, 2.75) is 63.6 Å². The van der Waals surface area contributed by atoms with Crippen molar-refractivity contribution in [2.75, 3.05) is 13.7 Å². The Morgan fingerprint density at radius 3 is 2.52 bits per heavy atom. The molecule has 2 aliphatic carbocycles. The zero-order valence-electron chi connectivity index (χ0n) is 17.0. The number of aromatic carboxylic acids is 1. The molecule has 0 bridgehead atoms. The van der Waals surface area contributed by atoms with Gasteiger partial charge in [-0.15, -0.1) is 0 Å². The number of carboxylic acids is 1. The molecule has 0 aliphatic heterocycles. The number of carboxylic acid groups (broad SMARTS) is 1. The minimum absolute atomic E-state index is 0.0801. The second-order valence-corrected chi connectivity index (χ2v) is 8.90. The van der Waals surface area contributed by atoms with Gasteiger partial charge in [0.2, 0.25) is 5.91 Å². The van der Waals surface area contributed by atoms with Crippen molar-refractivity contribution >= 4 is 23.5 Å². The standard InChI is InChI=1S/C22H31ClN2O4/c1-25(18-3-2-4-18)21(26)20(24)15-7-5-14(6-8-15)12-29-13-16-11-17(23)9-10-19(16)22(27)28/h9-11,14-15,18,20H,2-8,12-13,24H2,1H3,(H,27,28)/t14?,15?,20-/m0/s1. The van der Waals surface area contributed by atoms with Gasteiger partial charge in [0.05, 0.1) is 18.2 Å². The zero-order chi connectivity index (χ0) is 21.0. The van der Waals surface area contributed by atoms with Gasteiger partial charge in [-0.3, -0.25) is 4.79 Å². The van der Waals surface area contributed by atoms with Crippen molar-refractivity contribution in [1.29, 1.82) is 0 Å². The molecule has 160 valence electrons. The molecule has 3 rings (SSSR count). The van der Waals surface area contributed by atoms with Crippen molar-refractivity contribution in [3.63, 3.8) is 0 Å². The molecule has 29 heavy (non-hydrogen) atoms. The average molecular weight is 423 g/mol. The van der Waals surface area contributed by atoms with Gasteiger partial charge in [-0.2, -0.15) is 0 Å². The van der Waals surface area contributed by atoms with Crippen LogP contribution in [0.4, 0.5) is 0 Å². The number of ether oxygens (including phenoxy) is 1. The Morgan fingerprint density at radius 1 is 1.24 bits per heavy atom. The van der Waals surface area contributed by atoms with Gasteiger partial charge in [0, 0.05) is 24.7 Å². The van der Waals surface area contributed by atoms with Crippen LogP contribution >= 0.6 is 11.6 Å². The molecular formula is C22H31ClN2O4. The summed E-state index contributed by atoms with van der Waals surface area (Å²) in [7, 11) is 1.88. The largest absolute Gasteiger partial charge is 0.478 e. The lowest BCUT2D eigenvalue weighted by Gasteiger charge is -2.38. The highest BCUT2D eigenvalue weighted by Crippen LogP contribution is 2.32. The van der Waals surface area contributed by atoms with Crippen LogP contribution in [0.3, 0.4) is 0 Å². The van der Waals surface area contributed by atoms with E-state index in [4.69, 9.17) is 22.1 Å². The first-order valence-corrected chi connectivity index (χ1v) is 10.9. The van der Waals surface area contributed by atoms with Crippen LogP contribution in [0.5, 0.6) is 0 Å². The molecular weight excluding hydrogens is 392 g/mol. The maximum absolute atomic E-state index is 12.6. The second-order valence-electron chi connectivity index (χ2n) is 8.46. The van der Waals surface area contributed by atoms with Crippen molar-refractivity contribution < 1.29 is 19.4 Å². The van der Waals surface area contributed by atoms with Gasteiger partial charge in [0.15, 0.2) is 0 Å². The van der Waals surface area contributed by atoms with Gasteiger partial charge in [-0.25, -0.2) is 4.79 Å². The Kier molecular flexibility index (Phi) is 7.55. The second kappa shape index (κ2) is 9.92. The van der Waals surface area contributed by atoms with Crippen LogP contribution in [-0.2, 0) is 16.1 Å². The van der Waals surface area contributed by atoms with E-state index < -0.39 is 12.0 Å². The molecule has 0 radical (unpaired) electrons. The fourth-order valence-electron chi connectivity index (χ4n) is 4.33. The summed E-state index contributed by atoms with van der Waals surface area (Å²) in [4.78, 5) is 25.8. The van der Waals surface area contributed by atoms with Gasteiger partial charge < -0.3 is 20.5 Å². The predicted molar refractivity (Wildman–Crippen MR) is 112 cm³/mol. The molecule has 1 aromatic rings. The van der Waals surface area contributed by atoms with E-state index in [0.29, 0.717) is 29.2 Å². The molecule has 2 aliphatic rings. The number of nitrogens with zero attached hydrogens (tertiary/aromatic N) is 1. The molecule has 2 fully saturated rings. The van der Waals surface area contributed by atoms with E-state index in [1.54, 1.807) is 12.1 Å². The monoisotopic (exact) mass is 422 g/mol. The molecule has 6 nitrogen and oxygen atoms in total. The first kappa shape index (κ1) is 22.1. The number of likely N-dealkylation sites (N-methyl/N-ethyl adjacent to an activating group) is 1. The molecule has 1 amide bonds. The van der Waals surface area contributed by atoms with Crippen molar-refractivity contribution in [3.05, 3.63) is 34.3 Å². The molecule has 3 N–H and O–H groups in total. The van der Waals surface area contributed by atoms with Crippen LogP contribution in [0.2, 0.25) is 5.02 Å². The summed E-state index contributed by atoms with van der Waals surface area (Å²) in [6.07, 6.45) is 7.19. The number of halogens is 1. The Bertz CT molecular complexity index is 730. The average Bonchev–Trinajstić information content (AvgIpc) is 2.66. The normalized spacial score (nSPS) is 23.3. The number of hydrogen-bond donors (Lipinski definition) is 2. The summed E-state index contributed by atoms with van der Waals surface area (Å²) >= 11 is 5.98. The summed E-state index contributed by atoms with van der Waals surface area (Å²) in [6.45, 7) is 0.801. The fourth-order valence-corrected chi connectivity index (χ4v) is 4.53. The number of rotatable bonds is 8. The molecule has 1 aromatic carbocycles. The summed E-state index contributed by atoms with van der Waals surface area (Å²) < 4.78 is 5.81. The number of carbonyl (C=O) groups excluding carboxylic acids is 1. The Labute approximate surface area is 177 Å². The van der Waals surface area contributed by atoms with Crippen LogP contribution in [0.25, 0.3) is 0 Å². The van der Waals surface area contributed by atoms with Crippen LogP contribution in [0, 0.1) is 11.8 Å². The lowest BCUT2D eigenvalue weighted by Crippen LogP contribution is -2.52. The predicted octanol–water partition coefficient (Wildman–Crippen LogP) is 3.70. The van der Waals surface area contributed by atoms with Crippen molar-refractivity contribution in [2.24, 2.45) is 17.6 Å². The smallest absolute Gasteiger partial charge is 0.336 e. The van der Waals surface area contributed by atoms with Gasteiger partial charge in [0.25, 0.3) is 0 Å². The lowest BCUT2D eigenvalue weighted by atomic mass is 9.78. The lowest BCUT2D eigenvalue weighted by molar-refractivity contribution is -0.136. The van der Waals surface area contributed by atoms with E-state index in [9.17, 15) is 14.7 Å². The quantitative estimate of drug-likeness (QED) is 0.666. The number of benzene rings is 1. The first-order chi connectivity index (χ1) is 13.9. The molecule has 0 heterocycles. The first-order valence-electron chi connectivity index (χ1n) is 10.5. The zero-order valence-corrected chi connectivity index (χ0v) is 17.7. The fraction of sp³-hybridized carbons (Fsp3) is 0.636. The maximum Gasteiger partial charge on any atom is 0.336 e. The topological polar surface area (TPSA) is 92.9 Å². The van der Waals surface area contributed by atoms with E-state index in [1.165, 1.54) is 12.5 Å². The highest BCUT2D eigenvalue weighted by Gasteiger charge is 2.34. The molecule has 7 heteroatoms. The Balaban J connectivity index is 1.43. The van der Waals surface area contributed by atoms with E-state index >= 15 is 0 Å². The SMILES string of the molecule is CN(C(=O)[C@@H](N)C1CCC(COCc2cc(Cl)ccc2C(=O)O)CC1)C1CCC1. The number of hydrogen-bond acceptors (Lipinski definition) is 4. The minimum atomic E-state index is -0.980. The third kappa shape index (κ3) is 5.50. The van der Waals surface area contributed by atoms with Gasteiger partial charge in [-0.1, -0.05) is 11.6 Å². The van der Waals surface area contributed by atoms with Crippen LogP contribution in [0.15, 0.2) is 18.2 Å². The van der Waals surface area contributed by atoms with Crippen LogP contribution in [-0.4, -0.2) is 47.6 Å². The number of carbonyl (C=O) groups is 2. The third-order valence-corrected chi connectivity index (χ3v) is 6.80. The van der Waals surface area contributed by atoms with Crippen molar-refractivity contribution in [3.8, 4) is 0 Å². The van der Waals surface area contributed by atoms with Gasteiger partial charge in [-0.05, 0) is 80.5 Å². The third-order valence-electron chi connectivity index (χ3n) is 6.56. The highest BCUT2D eigenvalue weighted by atomic mass is 35.5. The highest BCUT2D eigenvalue weighted by molar-refractivity contribution is 6.30. The minimum Gasteiger partial charge on any atom is -0.478 e.